The highest BCUT2D eigenvalue weighted by Crippen LogP contribution is 2.43. The highest BCUT2D eigenvalue weighted by Gasteiger charge is 2.51. The molecule has 3 rings (SSSR count). The number of nitrogens with one attached hydrogen (secondary N) is 1. The van der Waals surface area contributed by atoms with Crippen LogP contribution in [0.5, 0.6) is 0 Å². The number of ether oxygens (including phenoxy) is 1. The third-order valence-electron chi connectivity index (χ3n) is 4.36. The minimum Gasteiger partial charge on any atom is -0.444 e. The molecule has 0 aromatic carbocycles. The number of hydrogen-bond donors (Lipinski definition) is 1. The number of carbonyl (C=O) groups excluding carboxylic acids is 2. The highest BCUT2D eigenvalue weighted by molar-refractivity contribution is 6.05. The molecule has 1 aromatic heterocycles. The van der Waals surface area contributed by atoms with Crippen molar-refractivity contribution < 1.29 is 14.3 Å². The Morgan fingerprint density at radius 2 is 2.13 bits per heavy atom. The van der Waals surface area contributed by atoms with Crippen LogP contribution in [0.3, 0.4) is 0 Å². The van der Waals surface area contributed by atoms with Crippen molar-refractivity contribution in [3.8, 4) is 0 Å². The second kappa shape index (κ2) is 5.22. The van der Waals surface area contributed by atoms with Gasteiger partial charge in [-0.1, -0.05) is 6.07 Å². The summed E-state index contributed by atoms with van der Waals surface area (Å²) in [6.07, 6.45) is 1.12. The third kappa shape index (κ3) is 2.78. The summed E-state index contributed by atoms with van der Waals surface area (Å²) >= 11 is 0. The van der Waals surface area contributed by atoms with Crippen LogP contribution in [-0.4, -0.2) is 40.6 Å². The third-order valence-corrected chi connectivity index (χ3v) is 4.36. The lowest BCUT2D eigenvalue weighted by Crippen LogP contribution is -2.52. The average Bonchev–Trinajstić information content (AvgIpc) is 2.69. The number of pyridine rings is 1. The van der Waals surface area contributed by atoms with Crippen LogP contribution in [0.15, 0.2) is 12.1 Å². The van der Waals surface area contributed by atoms with Gasteiger partial charge in [0.15, 0.2) is 0 Å². The molecule has 2 aliphatic rings. The fourth-order valence-corrected chi connectivity index (χ4v) is 3.33. The van der Waals surface area contributed by atoms with E-state index in [1.807, 2.05) is 39.8 Å². The molecule has 1 aromatic rings. The van der Waals surface area contributed by atoms with Crippen LogP contribution in [0.1, 0.15) is 44.9 Å². The quantitative estimate of drug-likeness (QED) is 0.798. The predicted molar refractivity (Wildman–Crippen MR) is 86.3 cm³/mol. The molecular formula is C17H23N3O3. The zero-order valence-electron chi connectivity index (χ0n) is 14.1. The first kappa shape index (κ1) is 15.8. The zero-order valence-corrected chi connectivity index (χ0v) is 14.1. The molecule has 0 aliphatic carbocycles. The lowest BCUT2D eigenvalue weighted by atomic mass is 9.75. The van der Waals surface area contributed by atoms with Gasteiger partial charge in [0.1, 0.15) is 11.4 Å². The monoisotopic (exact) mass is 317 g/mol. The molecule has 1 atom stereocenters. The summed E-state index contributed by atoms with van der Waals surface area (Å²) in [5, 5.41) is 2.88. The van der Waals surface area contributed by atoms with Crippen molar-refractivity contribution in [1.29, 1.82) is 0 Å². The fourth-order valence-electron chi connectivity index (χ4n) is 3.33. The molecule has 0 unspecified atom stereocenters. The fraction of sp³-hybridized carbons (Fsp3) is 0.588. The Balaban J connectivity index is 1.89. The summed E-state index contributed by atoms with van der Waals surface area (Å²) < 4.78 is 5.46. The molecule has 3 heterocycles. The molecule has 2 amide bonds. The topological polar surface area (TPSA) is 71.5 Å². The molecule has 1 fully saturated rings. The van der Waals surface area contributed by atoms with E-state index in [0.29, 0.717) is 18.9 Å². The van der Waals surface area contributed by atoms with Gasteiger partial charge < -0.3 is 15.0 Å². The standard InChI is InChI=1S/C17H23N3O3/c1-11-6-7-12-13(18-11)19-14(21)17(12)8-5-9-20(10-17)15(22)23-16(2,3)4/h6-7H,5,8-10H2,1-4H3,(H,18,19,21)/t17-/m0/s1. The van der Waals surface area contributed by atoms with E-state index in [1.165, 1.54) is 0 Å². The van der Waals surface area contributed by atoms with Gasteiger partial charge in [-0.2, -0.15) is 0 Å². The van der Waals surface area contributed by atoms with Crippen LogP contribution >= 0.6 is 0 Å². The van der Waals surface area contributed by atoms with Crippen molar-refractivity contribution >= 4 is 17.8 Å². The Morgan fingerprint density at radius 1 is 1.39 bits per heavy atom. The number of aryl methyl sites for hydroxylation is 1. The smallest absolute Gasteiger partial charge is 0.410 e. The molecule has 0 radical (unpaired) electrons. The number of piperidine rings is 1. The molecule has 23 heavy (non-hydrogen) atoms. The molecule has 2 aliphatic heterocycles. The minimum absolute atomic E-state index is 0.0705. The number of rotatable bonds is 0. The number of anilines is 1. The van der Waals surface area contributed by atoms with Gasteiger partial charge in [0, 0.05) is 24.3 Å². The van der Waals surface area contributed by atoms with E-state index in [2.05, 4.69) is 10.3 Å². The van der Waals surface area contributed by atoms with Gasteiger partial charge in [-0.3, -0.25) is 4.79 Å². The van der Waals surface area contributed by atoms with Gasteiger partial charge in [-0.15, -0.1) is 0 Å². The largest absolute Gasteiger partial charge is 0.444 e. The number of carbonyl (C=O) groups is 2. The van der Waals surface area contributed by atoms with Crippen molar-refractivity contribution in [2.24, 2.45) is 0 Å². The Bertz CT molecular complexity index is 666. The maximum absolute atomic E-state index is 12.6. The summed E-state index contributed by atoms with van der Waals surface area (Å²) in [4.78, 5) is 31.1. The van der Waals surface area contributed by atoms with Crippen LogP contribution in [0.4, 0.5) is 10.6 Å². The Kier molecular flexibility index (Phi) is 3.58. The van der Waals surface area contributed by atoms with Gasteiger partial charge in [0.25, 0.3) is 0 Å². The van der Waals surface area contributed by atoms with Crippen molar-refractivity contribution in [2.75, 3.05) is 18.4 Å². The maximum atomic E-state index is 12.6. The lowest BCUT2D eigenvalue weighted by Gasteiger charge is -2.39. The van der Waals surface area contributed by atoms with Crippen LogP contribution in [0, 0.1) is 6.92 Å². The average molecular weight is 317 g/mol. The summed E-state index contributed by atoms with van der Waals surface area (Å²) in [6.45, 7) is 8.37. The molecule has 1 N–H and O–H groups in total. The minimum atomic E-state index is -0.703. The number of likely N-dealkylation sites (tertiary alicyclic amines) is 1. The SMILES string of the molecule is Cc1ccc2c(n1)NC(=O)[C@]21CCCN(C(=O)OC(C)(C)C)C1. The summed E-state index contributed by atoms with van der Waals surface area (Å²) in [7, 11) is 0. The van der Waals surface area contributed by atoms with Gasteiger partial charge in [-0.25, -0.2) is 9.78 Å². The summed E-state index contributed by atoms with van der Waals surface area (Å²) in [6, 6.07) is 3.86. The summed E-state index contributed by atoms with van der Waals surface area (Å²) in [5.41, 5.74) is 0.503. The molecular weight excluding hydrogens is 294 g/mol. The van der Waals surface area contributed by atoms with E-state index in [9.17, 15) is 9.59 Å². The first-order chi connectivity index (χ1) is 10.7. The molecule has 0 bridgehead atoms. The van der Waals surface area contributed by atoms with Gasteiger partial charge in [-0.05, 0) is 46.6 Å². The Labute approximate surface area is 136 Å². The van der Waals surface area contributed by atoms with Crippen LogP contribution in [0.25, 0.3) is 0 Å². The second-order valence-electron chi connectivity index (χ2n) is 7.39. The van der Waals surface area contributed by atoms with Crippen molar-refractivity contribution in [3.05, 3.63) is 23.4 Å². The normalized spacial score (nSPS) is 23.7. The van der Waals surface area contributed by atoms with E-state index in [-0.39, 0.29) is 12.0 Å². The molecule has 124 valence electrons. The Hall–Kier alpha value is -2.11. The number of nitrogens with zero attached hydrogens (tertiary/aromatic N) is 2. The molecule has 6 nitrogen and oxygen atoms in total. The zero-order chi connectivity index (χ0) is 16.8. The maximum Gasteiger partial charge on any atom is 0.410 e. The molecule has 1 saturated heterocycles. The number of fused-ring (bicyclic) bond motifs is 2. The van der Waals surface area contributed by atoms with Crippen molar-refractivity contribution in [3.63, 3.8) is 0 Å². The van der Waals surface area contributed by atoms with Crippen LogP contribution in [-0.2, 0) is 14.9 Å². The summed E-state index contributed by atoms with van der Waals surface area (Å²) in [5.74, 6) is 0.555. The van der Waals surface area contributed by atoms with E-state index >= 15 is 0 Å². The van der Waals surface area contributed by atoms with Crippen LogP contribution < -0.4 is 5.32 Å². The Morgan fingerprint density at radius 3 is 2.83 bits per heavy atom. The van der Waals surface area contributed by atoms with Crippen molar-refractivity contribution in [2.45, 2.75) is 51.6 Å². The van der Waals surface area contributed by atoms with Crippen LogP contribution in [0.2, 0.25) is 0 Å². The first-order valence-corrected chi connectivity index (χ1v) is 7.99. The van der Waals surface area contributed by atoms with E-state index in [1.54, 1.807) is 4.90 Å². The first-order valence-electron chi connectivity index (χ1n) is 7.99. The number of aromatic nitrogens is 1. The van der Waals surface area contributed by atoms with Gasteiger partial charge >= 0.3 is 6.09 Å². The van der Waals surface area contributed by atoms with Gasteiger partial charge in [0.05, 0.1) is 5.41 Å². The predicted octanol–water partition coefficient (Wildman–Crippen LogP) is 2.61. The van der Waals surface area contributed by atoms with Gasteiger partial charge in [0.2, 0.25) is 5.91 Å². The lowest BCUT2D eigenvalue weighted by molar-refractivity contribution is -0.122. The molecule has 1 spiro atoms. The van der Waals surface area contributed by atoms with E-state index in [0.717, 1.165) is 24.1 Å². The van der Waals surface area contributed by atoms with E-state index in [4.69, 9.17) is 4.74 Å². The molecule has 0 saturated carbocycles. The number of amides is 2. The molecule has 6 heteroatoms. The van der Waals surface area contributed by atoms with Crippen molar-refractivity contribution in [1.82, 2.24) is 9.88 Å². The van der Waals surface area contributed by atoms with E-state index < -0.39 is 11.0 Å². The highest BCUT2D eigenvalue weighted by atomic mass is 16.6. The number of hydrogen-bond acceptors (Lipinski definition) is 4. The second-order valence-corrected chi connectivity index (χ2v) is 7.39.